The van der Waals surface area contributed by atoms with Crippen molar-refractivity contribution in [3.63, 3.8) is 0 Å². The maximum absolute atomic E-state index is 13.9. The Kier molecular flexibility index (Phi) is 9.67. The van der Waals surface area contributed by atoms with Crippen LogP contribution in [0.15, 0.2) is 77.7 Å². The number of hydrogen-bond acceptors (Lipinski definition) is 6. The number of methoxy groups -OCH3 is 2. The van der Waals surface area contributed by atoms with Crippen LogP contribution in [0.2, 0.25) is 5.02 Å². The average molecular weight is 588 g/mol. The van der Waals surface area contributed by atoms with Crippen LogP contribution in [0.4, 0.5) is 10.1 Å². The number of benzene rings is 3. The molecule has 1 amide bonds. The molecule has 0 atom stereocenters. The summed E-state index contributed by atoms with van der Waals surface area (Å²) >= 11 is 5.98. The number of ether oxygens (including phenoxy) is 2. The topological polar surface area (TPSA) is 79.4 Å². The first-order chi connectivity index (χ1) is 19.2. The van der Waals surface area contributed by atoms with Crippen LogP contribution in [0.5, 0.6) is 11.5 Å². The molecule has 1 saturated heterocycles. The van der Waals surface area contributed by atoms with Gasteiger partial charge in [-0.1, -0.05) is 54.1 Å². The molecule has 40 heavy (non-hydrogen) atoms. The molecule has 0 spiro atoms. The van der Waals surface area contributed by atoms with Gasteiger partial charge in [0.25, 0.3) is 10.0 Å². The van der Waals surface area contributed by atoms with Crippen molar-refractivity contribution in [3.8, 4) is 11.5 Å². The van der Waals surface area contributed by atoms with Gasteiger partial charge in [-0.05, 0) is 35.9 Å². The minimum atomic E-state index is -4.27. The second-order valence-corrected chi connectivity index (χ2v) is 11.4. The molecule has 0 bridgehead atoms. The quantitative estimate of drug-likeness (QED) is 0.346. The average Bonchev–Trinajstić information content (AvgIpc) is 2.97. The van der Waals surface area contributed by atoms with Crippen molar-refractivity contribution >= 4 is 39.3 Å². The first kappa shape index (κ1) is 29.4. The minimum Gasteiger partial charge on any atom is -0.493 e. The monoisotopic (exact) mass is 587 g/mol. The van der Waals surface area contributed by atoms with E-state index in [0.717, 1.165) is 22.5 Å². The Bertz CT molecular complexity index is 1460. The van der Waals surface area contributed by atoms with Crippen molar-refractivity contribution in [1.29, 1.82) is 0 Å². The summed E-state index contributed by atoms with van der Waals surface area (Å²) < 4.78 is 53.0. The van der Waals surface area contributed by atoms with Crippen LogP contribution in [-0.2, 0) is 14.8 Å². The lowest BCUT2D eigenvalue weighted by atomic mass is 10.2. The Morgan fingerprint density at radius 3 is 2.33 bits per heavy atom. The van der Waals surface area contributed by atoms with E-state index in [-0.39, 0.29) is 27.3 Å². The third-order valence-corrected chi connectivity index (χ3v) is 8.67. The molecular weight excluding hydrogens is 557 g/mol. The number of anilines is 1. The molecule has 0 saturated carbocycles. The molecular formula is C29H31ClFN3O5S. The summed E-state index contributed by atoms with van der Waals surface area (Å²) in [6.07, 6.45) is 4.14. The fraction of sp³-hybridized carbons (Fsp3) is 0.276. The molecule has 1 heterocycles. The predicted octanol–water partition coefficient (Wildman–Crippen LogP) is 4.55. The summed E-state index contributed by atoms with van der Waals surface area (Å²) in [7, 11) is -1.44. The van der Waals surface area contributed by atoms with E-state index in [2.05, 4.69) is 17.1 Å². The zero-order valence-electron chi connectivity index (χ0n) is 22.3. The summed E-state index contributed by atoms with van der Waals surface area (Å²) in [6, 6.07) is 17.7. The van der Waals surface area contributed by atoms with E-state index >= 15 is 0 Å². The predicted molar refractivity (Wildman–Crippen MR) is 154 cm³/mol. The maximum Gasteiger partial charge on any atom is 0.264 e. The highest BCUT2D eigenvalue weighted by atomic mass is 35.5. The van der Waals surface area contributed by atoms with Gasteiger partial charge in [0.15, 0.2) is 11.5 Å². The second kappa shape index (κ2) is 13.2. The van der Waals surface area contributed by atoms with Gasteiger partial charge >= 0.3 is 0 Å². The lowest BCUT2D eigenvalue weighted by molar-refractivity contribution is -0.131. The van der Waals surface area contributed by atoms with Gasteiger partial charge in [-0.15, -0.1) is 0 Å². The van der Waals surface area contributed by atoms with Gasteiger partial charge in [0.2, 0.25) is 5.91 Å². The van der Waals surface area contributed by atoms with E-state index in [1.54, 1.807) is 4.90 Å². The lowest BCUT2D eigenvalue weighted by Gasteiger charge is -2.35. The Labute approximate surface area is 239 Å². The number of carbonyl (C=O) groups excluding carboxylic acids is 1. The first-order valence-electron chi connectivity index (χ1n) is 12.6. The third-order valence-electron chi connectivity index (χ3n) is 6.61. The zero-order valence-corrected chi connectivity index (χ0v) is 23.9. The number of halogens is 2. The zero-order chi connectivity index (χ0) is 28.7. The van der Waals surface area contributed by atoms with Crippen molar-refractivity contribution in [3.05, 3.63) is 89.2 Å². The number of rotatable bonds is 10. The van der Waals surface area contributed by atoms with Crippen LogP contribution in [0, 0.1) is 5.82 Å². The molecule has 0 unspecified atom stereocenters. The van der Waals surface area contributed by atoms with Gasteiger partial charge < -0.3 is 14.4 Å². The molecule has 1 fully saturated rings. The molecule has 1 aliphatic rings. The molecule has 3 aromatic carbocycles. The summed E-state index contributed by atoms with van der Waals surface area (Å²) in [6.45, 7) is 2.46. The molecule has 0 aromatic heterocycles. The second-order valence-electron chi connectivity index (χ2n) is 9.12. The standard InChI is InChI=1S/C29H31ClFN3O5S/c1-38-27-13-11-24(20-28(27)39-2)40(36,37)34(23-10-12-26(31)25(30)19-23)21-29(35)33-17-15-32(16-18-33)14-6-9-22-7-4-3-5-8-22/h3-13,19-20H,14-18,21H2,1-2H3/b9-6+. The van der Waals surface area contributed by atoms with Crippen LogP contribution in [-0.4, -0.2) is 77.6 Å². The summed E-state index contributed by atoms with van der Waals surface area (Å²) in [4.78, 5) is 17.1. The van der Waals surface area contributed by atoms with E-state index in [4.69, 9.17) is 21.1 Å². The van der Waals surface area contributed by atoms with Gasteiger partial charge in [0.1, 0.15) is 12.4 Å². The lowest BCUT2D eigenvalue weighted by Crippen LogP contribution is -2.51. The van der Waals surface area contributed by atoms with E-state index < -0.39 is 22.4 Å². The highest BCUT2D eigenvalue weighted by Gasteiger charge is 2.31. The Balaban J connectivity index is 1.50. The highest BCUT2D eigenvalue weighted by Crippen LogP contribution is 2.33. The number of nitrogens with zero attached hydrogens (tertiary/aromatic N) is 3. The van der Waals surface area contributed by atoms with Crippen LogP contribution >= 0.6 is 11.6 Å². The molecule has 4 rings (SSSR count). The Morgan fingerprint density at radius 2 is 1.68 bits per heavy atom. The van der Waals surface area contributed by atoms with E-state index in [1.165, 1.54) is 44.6 Å². The Morgan fingerprint density at radius 1 is 0.975 bits per heavy atom. The molecule has 0 radical (unpaired) electrons. The summed E-state index contributed by atoms with van der Waals surface area (Å²) in [5.41, 5.74) is 1.19. The van der Waals surface area contributed by atoms with E-state index in [0.29, 0.717) is 31.9 Å². The number of hydrogen-bond donors (Lipinski definition) is 0. The van der Waals surface area contributed by atoms with Gasteiger partial charge in [-0.25, -0.2) is 12.8 Å². The molecule has 0 aliphatic carbocycles. The fourth-order valence-electron chi connectivity index (χ4n) is 4.36. The van der Waals surface area contributed by atoms with Gasteiger partial charge in [-0.2, -0.15) is 0 Å². The fourth-order valence-corrected chi connectivity index (χ4v) is 5.96. The molecule has 8 nitrogen and oxygen atoms in total. The summed E-state index contributed by atoms with van der Waals surface area (Å²) in [5, 5.41) is -0.255. The summed E-state index contributed by atoms with van der Waals surface area (Å²) in [5.74, 6) is -0.503. The van der Waals surface area contributed by atoms with Crippen LogP contribution in [0.25, 0.3) is 6.08 Å². The van der Waals surface area contributed by atoms with Crippen molar-refractivity contribution in [2.24, 2.45) is 0 Å². The van der Waals surface area contributed by atoms with Crippen molar-refractivity contribution < 1.29 is 27.1 Å². The van der Waals surface area contributed by atoms with Crippen LogP contribution < -0.4 is 13.8 Å². The number of carbonyl (C=O) groups is 1. The largest absolute Gasteiger partial charge is 0.493 e. The minimum absolute atomic E-state index is 0.0687. The van der Waals surface area contributed by atoms with E-state index in [9.17, 15) is 17.6 Å². The first-order valence-corrected chi connectivity index (χ1v) is 14.5. The van der Waals surface area contributed by atoms with Crippen LogP contribution in [0.3, 0.4) is 0 Å². The van der Waals surface area contributed by atoms with Gasteiger partial charge in [0, 0.05) is 38.8 Å². The number of piperazine rings is 1. The van der Waals surface area contributed by atoms with E-state index in [1.807, 2.05) is 30.3 Å². The van der Waals surface area contributed by atoms with Gasteiger partial charge in [0.05, 0.1) is 29.8 Å². The SMILES string of the molecule is COc1ccc(S(=O)(=O)N(CC(=O)N2CCN(C/C=C/c3ccccc3)CC2)c2ccc(F)c(Cl)c2)cc1OC. The maximum atomic E-state index is 13.9. The molecule has 1 aliphatic heterocycles. The molecule has 11 heteroatoms. The highest BCUT2D eigenvalue weighted by molar-refractivity contribution is 7.92. The molecule has 3 aromatic rings. The normalized spacial score (nSPS) is 14.3. The van der Waals surface area contributed by atoms with Gasteiger partial charge in [-0.3, -0.25) is 14.0 Å². The molecule has 212 valence electrons. The van der Waals surface area contributed by atoms with Crippen molar-refractivity contribution in [1.82, 2.24) is 9.80 Å². The molecule has 0 N–H and O–H groups in total. The third kappa shape index (κ3) is 6.93. The Hall–Kier alpha value is -3.60. The van der Waals surface area contributed by atoms with Crippen LogP contribution in [0.1, 0.15) is 5.56 Å². The number of sulfonamides is 1. The van der Waals surface area contributed by atoms with Crippen molar-refractivity contribution in [2.45, 2.75) is 4.90 Å². The number of amides is 1. The van der Waals surface area contributed by atoms with Crippen molar-refractivity contribution in [2.75, 3.05) is 57.8 Å². The smallest absolute Gasteiger partial charge is 0.264 e.